The maximum Gasteiger partial charge on any atom is 0.139 e. The third kappa shape index (κ3) is 3.45. The summed E-state index contributed by atoms with van der Waals surface area (Å²) < 4.78 is 3.35. The molecule has 0 unspecified atom stereocenters. The van der Waals surface area contributed by atoms with E-state index >= 15 is 0 Å². The highest BCUT2D eigenvalue weighted by Crippen LogP contribution is 2.20. The van der Waals surface area contributed by atoms with E-state index in [1.54, 1.807) is 0 Å². The van der Waals surface area contributed by atoms with E-state index in [0.717, 1.165) is 16.8 Å². The molecule has 1 heterocycles. The quantitative estimate of drug-likeness (QED) is 0.695. The monoisotopic (exact) mass is 306 g/mol. The van der Waals surface area contributed by atoms with E-state index in [0.29, 0.717) is 0 Å². The van der Waals surface area contributed by atoms with Gasteiger partial charge in [0, 0.05) is 29.0 Å². The van der Waals surface area contributed by atoms with Crippen molar-refractivity contribution in [2.75, 3.05) is 0 Å². The van der Waals surface area contributed by atoms with Crippen LogP contribution in [-0.4, -0.2) is 9.55 Å². The fourth-order valence-electron chi connectivity index (χ4n) is 2.06. The minimum Gasteiger partial charge on any atom is -0.331 e. The zero-order valence-electron chi connectivity index (χ0n) is 10.8. The Morgan fingerprint density at radius 2 is 1.89 bits per heavy atom. The van der Waals surface area contributed by atoms with Gasteiger partial charge in [0.1, 0.15) is 5.82 Å². The van der Waals surface area contributed by atoms with Crippen LogP contribution < -0.4 is 0 Å². The van der Waals surface area contributed by atoms with Crippen molar-refractivity contribution in [3.63, 3.8) is 0 Å². The highest BCUT2D eigenvalue weighted by atomic mass is 79.9. The third-order valence-corrected chi connectivity index (χ3v) is 3.60. The van der Waals surface area contributed by atoms with E-state index in [9.17, 15) is 0 Å². The second-order valence-electron chi connectivity index (χ2n) is 4.51. The van der Waals surface area contributed by atoms with Crippen LogP contribution in [0.4, 0.5) is 0 Å². The summed E-state index contributed by atoms with van der Waals surface area (Å²) in [5.74, 6) is 1.07. The summed E-state index contributed by atoms with van der Waals surface area (Å²) >= 11 is 3.46. The van der Waals surface area contributed by atoms with Gasteiger partial charge in [-0.15, -0.1) is 0 Å². The number of nitrogens with zero attached hydrogens (tertiary/aromatic N) is 2. The van der Waals surface area contributed by atoms with Gasteiger partial charge >= 0.3 is 0 Å². The van der Waals surface area contributed by atoms with E-state index in [1.807, 2.05) is 6.20 Å². The number of aryl methyl sites for hydroxylation is 1. The van der Waals surface area contributed by atoms with Gasteiger partial charge in [0.25, 0.3) is 0 Å². The molecule has 0 bridgehead atoms. The summed E-state index contributed by atoms with van der Waals surface area (Å²) in [6, 6.07) is 8.33. The first-order valence-electron chi connectivity index (χ1n) is 6.58. The van der Waals surface area contributed by atoms with Crippen LogP contribution in [-0.2, 0) is 6.54 Å². The lowest BCUT2D eigenvalue weighted by molar-refractivity contribution is 0.586. The van der Waals surface area contributed by atoms with Gasteiger partial charge in [-0.25, -0.2) is 4.98 Å². The van der Waals surface area contributed by atoms with Gasteiger partial charge in [-0.1, -0.05) is 54.2 Å². The van der Waals surface area contributed by atoms with Crippen LogP contribution in [0.3, 0.4) is 0 Å². The van der Waals surface area contributed by atoms with Gasteiger partial charge in [-0.3, -0.25) is 0 Å². The number of hydrogen-bond donors (Lipinski definition) is 0. The lowest BCUT2D eigenvalue weighted by Gasteiger charge is -2.07. The van der Waals surface area contributed by atoms with Crippen molar-refractivity contribution in [2.45, 2.75) is 39.2 Å². The Kier molecular flexibility index (Phi) is 5.00. The van der Waals surface area contributed by atoms with E-state index in [4.69, 9.17) is 0 Å². The first-order chi connectivity index (χ1) is 8.81. The molecule has 0 N–H and O–H groups in total. The molecule has 0 spiro atoms. The highest BCUT2D eigenvalue weighted by molar-refractivity contribution is 9.10. The minimum atomic E-state index is 1.06. The fraction of sp³-hybridized carbons (Fsp3) is 0.400. The van der Waals surface area contributed by atoms with Crippen molar-refractivity contribution in [1.29, 1.82) is 0 Å². The second kappa shape index (κ2) is 6.74. The van der Waals surface area contributed by atoms with Crippen molar-refractivity contribution in [3.05, 3.63) is 41.1 Å². The van der Waals surface area contributed by atoms with E-state index < -0.39 is 0 Å². The Balaban J connectivity index is 2.05. The summed E-state index contributed by atoms with van der Waals surface area (Å²) in [6.07, 6.45) is 9.09. The van der Waals surface area contributed by atoms with Gasteiger partial charge in [-0.2, -0.15) is 0 Å². The zero-order chi connectivity index (χ0) is 12.8. The minimum absolute atomic E-state index is 1.06. The Bertz CT molecular complexity index is 473. The molecule has 0 amide bonds. The van der Waals surface area contributed by atoms with E-state index in [1.165, 1.54) is 31.2 Å². The van der Waals surface area contributed by atoms with Crippen LogP contribution in [0.15, 0.2) is 41.1 Å². The van der Waals surface area contributed by atoms with Crippen molar-refractivity contribution < 1.29 is 0 Å². The van der Waals surface area contributed by atoms with Crippen molar-refractivity contribution >= 4 is 15.9 Å². The average molecular weight is 307 g/mol. The molecule has 3 heteroatoms. The Morgan fingerprint density at radius 3 is 2.61 bits per heavy atom. The Labute approximate surface area is 117 Å². The van der Waals surface area contributed by atoms with Crippen LogP contribution in [0.2, 0.25) is 0 Å². The SMILES string of the molecule is CCCCCCn1ccnc1-c1ccc(Br)cc1. The molecule has 0 radical (unpaired) electrons. The zero-order valence-corrected chi connectivity index (χ0v) is 12.4. The van der Waals surface area contributed by atoms with E-state index in [2.05, 4.69) is 62.9 Å². The van der Waals surface area contributed by atoms with Gasteiger partial charge in [0.15, 0.2) is 0 Å². The third-order valence-electron chi connectivity index (χ3n) is 3.07. The molecule has 2 nitrogen and oxygen atoms in total. The summed E-state index contributed by atoms with van der Waals surface area (Å²) in [5, 5.41) is 0. The van der Waals surface area contributed by atoms with Crippen LogP contribution in [0.25, 0.3) is 11.4 Å². The van der Waals surface area contributed by atoms with Crippen LogP contribution in [0.1, 0.15) is 32.6 Å². The maximum absolute atomic E-state index is 4.46. The molecule has 18 heavy (non-hydrogen) atoms. The maximum atomic E-state index is 4.46. The number of rotatable bonds is 6. The summed E-state index contributed by atoms with van der Waals surface area (Å²) in [4.78, 5) is 4.46. The molecule has 0 aliphatic heterocycles. The molecule has 0 atom stereocenters. The summed E-state index contributed by atoms with van der Waals surface area (Å²) in [7, 11) is 0. The number of imidazole rings is 1. The first kappa shape index (κ1) is 13.3. The number of halogens is 1. The lowest BCUT2D eigenvalue weighted by Crippen LogP contribution is -1.99. The van der Waals surface area contributed by atoms with Crippen LogP contribution in [0.5, 0.6) is 0 Å². The molecule has 0 saturated heterocycles. The fourth-order valence-corrected chi connectivity index (χ4v) is 2.32. The highest BCUT2D eigenvalue weighted by Gasteiger charge is 2.05. The number of unbranched alkanes of at least 4 members (excludes halogenated alkanes) is 3. The lowest BCUT2D eigenvalue weighted by atomic mass is 10.2. The Hall–Kier alpha value is -1.09. The number of aromatic nitrogens is 2. The van der Waals surface area contributed by atoms with Crippen molar-refractivity contribution in [2.24, 2.45) is 0 Å². The summed E-state index contributed by atoms with van der Waals surface area (Å²) in [5.41, 5.74) is 1.18. The average Bonchev–Trinajstić information content (AvgIpc) is 2.84. The standard InChI is InChI=1S/C15H19BrN2/c1-2-3-4-5-11-18-12-10-17-15(18)13-6-8-14(16)9-7-13/h6-10,12H,2-5,11H2,1H3. The van der Waals surface area contributed by atoms with Crippen molar-refractivity contribution in [3.8, 4) is 11.4 Å². The smallest absolute Gasteiger partial charge is 0.139 e. The number of hydrogen-bond acceptors (Lipinski definition) is 1. The molecular formula is C15H19BrN2. The van der Waals surface area contributed by atoms with Crippen LogP contribution >= 0.6 is 15.9 Å². The predicted molar refractivity (Wildman–Crippen MR) is 79.5 cm³/mol. The second-order valence-corrected chi connectivity index (χ2v) is 5.43. The molecule has 0 aliphatic carbocycles. The van der Waals surface area contributed by atoms with Crippen molar-refractivity contribution in [1.82, 2.24) is 9.55 Å². The molecule has 0 saturated carbocycles. The molecule has 1 aromatic heterocycles. The number of benzene rings is 1. The van der Waals surface area contributed by atoms with E-state index in [-0.39, 0.29) is 0 Å². The Morgan fingerprint density at radius 1 is 1.11 bits per heavy atom. The molecule has 0 aliphatic rings. The normalized spacial score (nSPS) is 10.8. The molecule has 0 fully saturated rings. The summed E-state index contributed by atoms with van der Waals surface area (Å²) in [6.45, 7) is 3.30. The molecular weight excluding hydrogens is 288 g/mol. The molecule has 96 valence electrons. The molecule has 1 aromatic carbocycles. The topological polar surface area (TPSA) is 17.8 Å². The van der Waals surface area contributed by atoms with Gasteiger partial charge < -0.3 is 4.57 Å². The first-order valence-corrected chi connectivity index (χ1v) is 7.37. The van der Waals surface area contributed by atoms with Gasteiger partial charge in [0.2, 0.25) is 0 Å². The van der Waals surface area contributed by atoms with Crippen LogP contribution in [0, 0.1) is 0 Å². The van der Waals surface area contributed by atoms with Gasteiger partial charge in [-0.05, 0) is 18.6 Å². The molecule has 2 rings (SSSR count). The van der Waals surface area contributed by atoms with Gasteiger partial charge in [0.05, 0.1) is 0 Å². The largest absolute Gasteiger partial charge is 0.331 e. The predicted octanol–water partition coefficient (Wildman–Crippen LogP) is 4.89. The molecule has 2 aromatic rings.